The lowest BCUT2D eigenvalue weighted by Crippen LogP contribution is -2.59. The molecule has 3 heterocycles. The first-order chi connectivity index (χ1) is 12.5. The number of rotatable bonds is 4. The third-order valence-electron chi connectivity index (χ3n) is 4.82. The van der Waals surface area contributed by atoms with Gasteiger partial charge in [-0.05, 0) is 26.0 Å². The van der Waals surface area contributed by atoms with Crippen LogP contribution < -0.4 is 5.73 Å². The number of nitrogens with zero attached hydrogens (tertiary/aromatic N) is 2. The van der Waals surface area contributed by atoms with Crippen molar-refractivity contribution in [2.24, 2.45) is 5.73 Å². The van der Waals surface area contributed by atoms with Crippen molar-refractivity contribution in [3.8, 4) is 0 Å². The minimum absolute atomic E-state index is 0.0751. The summed E-state index contributed by atoms with van der Waals surface area (Å²) < 4.78 is 29.0. The maximum absolute atomic E-state index is 13.0. The van der Waals surface area contributed by atoms with Crippen LogP contribution in [0.25, 0.3) is 5.57 Å². The van der Waals surface area contributed by atoms with E-state index in [1.54, 1.807) is 12.1 Å². The van der Waals surface area contributed by atoms with Crippen LogP contribution in [-0.4, -0.2) is 64.1 Å². The van der Waals surface area contributed by atoms with E-state index in [0.717, 1.165) is 4.90 Å². The Bertz CT molecular complexity index is 969. The lowest BCUT2D eigenvalue weighted by atomic mass is 9.92. The number of aromatic nitrogens is 1. The molecule has 0 aliphatic carbocycles. The molecule has 0 radical (unpaired) electrons. The zero-order valence-corrected chi connectivity index (χ0v) is 15.3. The van der Waals surface area contributed by atoms with Crippen molar-refractivity contribution in [1.82, 2.24) is 9.88 Å². The Kier molecular flexibility index (Phi) is 4.22. The van der Waals surface area contributed by atoms with Crippen molar-refractivity contribution >= 4 is 33.4 Å². The fourth-order valence-corrected chi connectivity index (χ4v) is 5.60. The second-order valence-electron chi connectivity index (χ2n) is 6.67. The van der Waals surface area contributed by atoms with E-state index in [1.165, 1.54) is 26.1 Å². The number of carbonyl (C=O) groups excluding carboxylic acids is 2. The van der Waals surface area contributed by atoms with E-state index in [1.807, 2.05) is 0 Å². The number of amides is 2. The van der Waals surface area contributed by atoms with E-state index in [-0.39, 0.29) is 16.8 Å². The minimum atomic E-state index is -4.07. The van der Waals surface area contributed by atoms with Crippen LogP contribution in [0.15, 0.2) is 30.0 Å². The van der Waals surface area contributed by atoms with E-state index in [0.29, 0.717) is 0 Å². The molecule has 1 aromatic rings. The molecule has 144 valence electrons. The largest absolute Gasteiger partial charge is 0.480 e. The first-order valence-corrected chi connectivity index (χ1v) is 9.42. The van der Waals surface area contributed by atoms with Crippen LogP contribution in [0.2, 0.25) is 0 Å². The Hall–Kier alpha value is -2.95. The molecule has 0 spiro atoms. The summed E-state index contributed by atoms with van der Waals surface area (Å²) in [6.07, 6.45) is 0.319. The topological polar surface area (TPSA) is 157 Å². The fourth-order valence-electron chi connectivity index (χ4n) is 3.43. The molecular formula is C16H17N3O7S. The molecule has 10 nitrogen and oxygen atoms in total. The number of ether oxygens (including phenoxy) is 1. The standard InChI is InChI=1S/C16H17N3O7S/c1-16(2)11(14(21)22)19-12(20)10(13(19)27(16,24)25)8(7-26-15(17)23)9-5-3-4-6-18-9/h3-6,11,13H,7H2,1-2H3,(H2,17,23)(H,21,22)/b10-8-/t11-,13?/m0/s1. The Morgan fingerprint density at radius 2 is 2.04 bits per heavy atom. The highest BCUT2D eigenvalue weighted by molar-refractivity contribution is 7.94. The predicted molar refractivity (Wildman–Crippen MR) is 91.7 cm³/mol. The number of aliphatic carboxylic acids is 1. The summed E-state index contributed by atoms with van der Waals surface area (Å²) in [5.41, 5.74) is 5.13. The number of carbonyl (C=O) groups is 3. The molecule has 2 atom stereocenters. The molecule has 2 amide bonds. The van der Waals surface area contributed by atoms with Gasteiger partial charge in [0.15, 0.2) is 21.3 Å². The lowest BCUT2D eigenvalue weighted by Gasteiger charge is -2.39. The van der Waals surface area contributed by atoms with Gasteiger partial charge in [0.05, 0.1) is 11.3 Å². The van der Waals surface area contributed by atoms with Crippen molar-refractivity contribution in [3.63, 3.8) is 0 Å². The normalized spacial score (nSPS) is 26.7. The van der Waals surface area contributed by atoms with Gasteiger partial charge in [-0.1, -0.05) is 6.07 Å². The van der Waals surface area contributed by atoms with Crippen LogP contribution in [0.5, 0.6) is 0 Å². The zero-order chi connectivity index (χ0) is 20.1. The smallest absolute Gasteiger partial charge is 0.404 e. The van der Waals surface area contributed by atoms with Gasteiger partial charge in [0, 0.05) is 11.8 Å². The Morgan fingerprint density at radius 1 is 1.37 bits per heavy atom. The van der Waals surface area contributed by atoms with E-state index >= 15 is 0 Å². The first kappa shape index (κ1) is 18.8. The quantitative estimate of drug-likeness (QED) is 0.522. The van der Waals surface area contributed by atoms with Crippen LogP contribution in [0.1, 0.15) is 19.5 Å². The molecule has 1 aromatic heterocycles. The van der Waals surface area contributed by atoms with Gasteiger partial charge < -0.3 is 20.5 Å². The van der Waals surface area contributed by atoms with Gasteiger partial charge in [0.2, 0.25) is 0 Å². The van der Waals surface area contributed by atoms with Gasteiger partial charge in [0.1, 0.15) is 11.4 Å². The van der Waals surface area contributed by atoms with E-state index < -0.39 is 50.6 Å². The summed E-state index contributed by atoms with van der Waals surface area (Å²) in [5, 5.41) is 8.02. The maximum atomic E-state index is 13.0. The van der Waals surface area contributed by atoms with Gasteiger partial charge in [0.25, 0.3) is 5.91 Å². The molecule has 2 saturated heterocycles. The summed E-state index contributed by atoms with van der Waals surface area (Å²) in [7, 11) is -4.07. The third kappa shape index (κ3) is 2.57. The number of pyridine rings is 1. The molecule has 3 N–H and O–H groups in total. The monoisotopic (exact) mass is 395 g/mol. The van der Waals surface area contributed by atoms with Crippen LogP contribution in [0.4, 0.5) is 4.79 Å². The summed E-state index contributed by atoms with van der Waals surface area (Å²) in [5.74, 6) is -2.17. The van der Waals surface area contributed by atoms with Gasteiger partial charge in [-0.25, -0.2) is 18.0 Å². The number of carboxylic acid groups (broad SMARTS) is 1. The van der Waals surface area contributed by atoms with Crippen LogP contribution >= 0.6 is 0 Å². The molecule has 0 bridgehead atoms. The van der Waals surface area contributed by atoms with Crippen LogP contribution in [-0.2, 0) is 24.2 Å². The highest BCUT2D eigenvalue weighted by Crippen LogP contribution is 2.50. The van der Waals surface area contributed by atoms with Crippen molar-refractivity contribution in [3.05, 3.63) is 35.7 Å². The number of fused-ring (bicyclic) bond motifs is 1. The molecule has 3 rings (SSSR count). The SMILES string of the molecule is CC1(C)[C@H](C(=O)O)N2C(=O)/C(=C(\COC(N)=O)c3ccccn3)C2S1(=O)=O. The van der Waals surface area contributed by atoms with E-state index in [4.69, 9.17) is 10.5 Å². The number of carboxylic acids is 1. The summed E-state index contributed by atoms with van der Waals surface area (Å²) in [6.45, 7) is 2.07. The number of sulfone groups is 1. The highest BCUT2D eigenvalue weighted by Gasteiger charge is 2.70. The van der Waals surface area contributed by atoms with Gasteiger partial charge in [-0.3, -0.25) is 9.78 Å². The fraction of sp³-hybridized carbons (Fsp3) is 0.375. The van der Waals surface area contributed by atoms with E-state index in [2.05, 4.69) is 4.98 Å². The zero-order valence-electron chi connectivity index (χ0n) is 14.4. The van der Waals surface area contributed by atoms with Gasteiger partial charge in [-0.15, -0.1) is 0 Å². The van der Waals surface area contributed by atoms with Crippen molar-refractivity contribution in [2.75, 3.05) is 6.61 Å². The Balaban J connectivity index is 2.19. The predicted octanol–water partition coefficient (Wildman–Crippen LogP) is -0.241. The highest BCUT2D eigenvalue weighted by atomic mass is 32.2. The number of hydrogen-bond acceptors (Lipinski definition) is 7. The van der Waals surface area contributed by atoms with Crippen LogP contribution in [0.3, 0.4) is 0 Å². The molecule has 1 unspecified atom stereocenters. The first-order valence-electron chi connectivity index (χ1n) is 7.87. The van der Waals surface area contributed by atoms with Crippen molar-refractivity contribution in [1.29, 1.82) is 0 Å². The minimum Gasteiger partial charge on any atom is -0.480 e. The number of β-lactam (4-membered cyclic amide) rings is 1. The summed E-state index contributed by atoms with van der Waals surface area (Å²) in [6, 6.07) is 3.22. The number of primary amides is 1. The van der Waals surface area contributed by atoms with Crippen molar-refractivity contribution in [2.45, 2.75) is 30.0 Å². The van der Waals surface area contributed by atoms with E-state index in [9.17, 15) is 27.9 Å². The second kappa shape index (κ2) is 6.05. The molecule has 2 aliphatic rings. The molecular weight excluding hydrogens is 378 g/mol. The lowest BCUT2D eigenvalue weighted by molar-refractivity contribution is -0.152. The molecule has 11 heteroatoms. The number of nitrogens with two attached hydrogens (primary N) is 1. The van der Waals surface area contributed by atoms with Crippen molar-refractivity contribution < 1.29 is 32.6 Å². The molecule has 0 aromatic carbocycles. The maximum Gasteiger partial charge on any atom is 0.404 e. The average Bonchev–Trinajstić information content (AvgIpc) is 2.73. The third-order valence-corrected chi connectivity index (χ3v) is 7.56. The average molecular weight is 395 g/mol. The Morgan fingerprint density at radius 3 is 2.56 bits per heavy atom. The molecule has 2 fully saturated rings. The molecule has 0 saturated carbocycles. The van der Waals surface area contributed by atoms with Gasteiger partial charge >= 0.3 is 12.1 Å². The van der Waals surface area contributed by atoms with Crippen LogP contribution in [0, 0.1) is 0 Å². The summed E-state index contributed by atoms with van der Waals surface area (Å²) in [4.78, 5) is 40.3. The summed E-state index contributed by atoms with van der Waals surface area (Å²) >= 11 is 0. The number of hydrogen-bond donors (Lipinski definition) is 2. The Labute approximate surface area is 154 Å². The molecule has 2 aliphatic heterocycles. The molecule has 27 heavy (non-hydrogen) atoms. The van der Waals surface area contributed by atoms with Gasteiger partial charge in [-0.2, -0.15) is 0 Å². The second-order valence-corrected chi connectivity index (χ2v) is 9.26.